The predicted octanol–water partition coefficient (Wildman–Crippen LogP) is 2.35. The highest BCUT2D eigenvalue weighted by atomic mass is 32.2. The molecule has 1 aromatic rings. The molecule has 0 spiro atoms. The van der Waals surface area contributed by atoms with Crippen LogP contribution in [0.1, 0.15) is 39.2 Å². The van der Waals surface area contributed by atoms with E-state index in [1.54, 1.807) is 0 Å². The molecular formula is C16H24N2O3S. The summed E-state index contributed by atoms with van der Waals surface area (Å²) in [5.41, 5.74) is 1.67. The van der Waals surface area contributed by atoms with Crippen molar-refractivity contribution in [3.05, 3.63) is 29.8 Å². The van der Waals surface area contributed by atoms with Crippen LogP contribution in [0.4, 0.5) is 5.69 Å². The molecule has 6 heteroatoms. The van der Waals surface area contributed by atoms with Crippen molar-refractivity contribution in [2.45, 2.75) is 45.1 Å². The van der Waals surface area contributed by atoms with Gasteiger partial charge in [-0.2, -0.15) is 4.31 Å². The fourth-order valence-corrected chi connectivity index (χ4v) is 3.56. The van der Waals surface area contributed by atoms with Crippen LogP contribution in [-0.4, -0.2) is 37.5 Å². The van der Waals surface area contributed by atoms with Crippen LogP contribution in [0.15, 0.2) is 24.3 Å². The van der Waals surface area contributed by atoms with E-state index in [1.165, 1.54) is 4.31 Å². The van der Waals surface area contributed by atoms with Gasteiger partial charge >= 0.3 is 0 Å². The normalized spacial score (nSPS) is 15.9. The molecule has 122 valence electrons. The number of amides is 1. The van der Waals surface area contributed by atoms with Crippen LogP contribution < -0.4 is 5.32 Å². The maximum absolute atomic E-state index is 12.3. The molecular weight excluding hydrogens is 300 g/mol. The van der Waals surface area contributed by atoms with E-state index >= 15 is 0 Å². The number of hydrogen-bond donors (Lipinski definition) is 1. The first-order valence-corrected chi connectivity index (χ1v) is 9.30. The maximum atomic E-state index is 12.3. The number of hydrogen-bond acceptors (Lipinski definition) is 3. The van der Waals surface area contributed by atoms with Crippen LogP contribution in [0, 0.1) is 0 Å². The zero-order valence-corrected chi connectivity index (χ0v) is 14.4. The van der Waals surface area contributed by atoms with Crippen molar-refractivity contribution in [1.29, 1.82) is 0 Å². The lowest BCUT2D eigenvalue weighted by molar-refractivity contribution is -0.116. The Hall–Kier alpha value is -1.40. The van der Waals surface area contributed by atoms with E-state index in [1.807, 2.05) is 24.3 Å². The third-order valence-electron chi connectivity index (χ3n) is 3.69. The molecule has 0 atom stereocenters. The van der Waals surface area contributed by atoms with Gasteiger partial charge in [-0.05, 0) is 29.9 Å². The van der Waals surface area contributed by atoms with Crippen molar-refractivity contribution in [2.75, 3.05) is 18.1 Å². The van der Waals surface area contributed by atoms with Gasteiger partial charge in [0.15, 0.2) is 0 Å². The van der Waals surface area contributed by atoms with Crippen LogP contribution in [0.2, 0.25) is 0 Å². The van der Waals surface area contributed by atoms with E-state index in [-0.39, 0.29) is 23.9 Å². The van der Waals surface area contributed by atoms with Crippen LogP contribution in [-0.2, 0) is 20.2 Å². The molecule has 2 rings (SSSR count). The Labute approximate surface area is 132 Å². The largest absolute Gasteiger partial charge is 0.325 e. The van der Waals surface area contributed by atoms with E-state index in [0.717, 1.165) is 30.3 Å². The molecule has 1 aliphatic carbocycles. The highest BCUT2D eigenvalue weighted by molar-refractivity contribution is 7.88. The average Bonchev–Trinajstić information content (AvgIpc) is 3.18. The predicted molar refractivity (Wildman–Crippen MR) is 88.3 cm³/mol. The Kier molecular flexibility index (Phi) is 4.63. The van der Waals surface area contributed by atoms with Crippen LogP contribution in [0.3, 0.4) is 0 Å². The first kappa shape index (κ1) is 17.0. The fraction of sp³-hybridized carbons (Fsp3) is 0.562. The Morgan fingerprint density at radius 3 is 2.36 bits per heavy atom. The summed E-state index contributed by atoms with van der Waals surface area (Å²) in [6.07, 6.45) is 2.82. The number of carbonyl (C=O) groups excluding carboxylic acids is 1. The number of rotatable bonds is 5. The minimum absolute atomic E-state index is 0.0152. The van der Waals surface area contributed by atoms with Gasteiger partial charge in [0.2, 0.25) is 15.9 Å². The lowest BCUT2D eigenvalue weighted by atomic mass is 9.86. The first-order valence-electron chi connectivity index (χ1n) is 7.45. The Morgan fingerprint density at radius 1 is 1.27 bits per heavy atom. The molecule has 1 amide bonds. The Morgan fingerprint density at radius 2 is 1.86 bits per heavy atom. The lowest BCUT2D eigenvalue weighted by Gasteiger charge is -2.24. The van der Waals surface area contributed by atoms with Gasteiger partial charge in [0.1, 0.15) is 0 Å². The molecule has 0 unspecified atom stereocenters. The van der Waals surface area contributed by atoms with Gasteiger partial charge in [0.25, 0.3) is 0 Å². The lowest BCUT2D eigenvalue weighted by Crippen LogP contribution is -2.39. The zero-order chi connectivity index (χ0) is 16.5. The molecule has 5 nitrogen and oxygen atoms in total. The van der Waals surface area contributed by atoms with Crippen LogP contribution in [0.25, 0.3) is 0 Å². The summed E-state index contributed by atoms with van der Waals surface area (Å²) in [4.78, 5) is 12.3. The topological polar surface area (TPSA) is 66.5 Å². The van der Waals surface area contributed by atoms with Gasteiger partial charge in [-0.1, -0.05) is 39.0 Å². The van der Waals surface area contributed by atoms with Crippen molar-refractivity contribution in [2.24, 2.45) is 0 Å². The minimum atomic E-state index is -3.36. The molecule has 0 aromatic heterocycles. The smallest absolute Gasteiger partial charge is 0.239 e. The maximum Gasteiger partial charge on any atom is 0.239 e. The van der Waals surface area contributed by atoms with Crippen molar-refractivity contribution in [1.82, 2.24) is 4.31 Å². The van der Waals surface area contributed by atoms with Crippen molar-refractivity contribution in [3.63, 3.8) is 0 Å². The number of nitrogens with zero attached hydrogens (tertiary/aromatic N) is 1. The second-order valence-electron chi connectivity index (χ2n) is 6.88. The van der Waals surface area contributed by atoms with E-state index in [2.05, 4.69) is 26.1 Å². The fourth-order valence-electron chi connectivity index (χ4n) is 2.46. The van der Waals surface area contributed by atoms with Crippen LogP contribution >= 0.6 is 0 Å². The summed E-state index contributed by atoms with van der Waals surface area (Å²) < 4.78 is 24.8. The second-order valence-corrected chi connectivity index (χ2v) is 8.82. The van der Waals surface area contributed by atoms with Gasteiger partial charge in [-0.3, -0.25) is 4.79 Å². The van der Waals surface area contributed by atoms with Crippen LogP contribution in [0.5, 0.6) is 0 Å². The quantitative estimate of drug-likeness (QED) is 0.904. The number of carbonyl (C=O) groups is 1. The SMILES string of the molecule is CC(C)(C)c1ccccc1NC(=O)CN(C1CC1)S(C)(=O)=O. The number of para-hydroxylation sites is 1. The summed E-state index contributed by atoms with van der Waals surface area (Å²) in [6, 6.07) is 7.60. The summed E-state index contributed by atoms with van der Waals surface area (Å²) in [5.74, 6) is -0.297. The second kappa shape index (κ2) is 6.01. The molecule has 1 aromatic carbocycles. The standard InChI is InChI=1S/C16H24N2O3S/c1-16(2,3)13-7-5-6-8-14(13)17-15(19)11-18(12-9-10-12)22(4,20)21/h5-8,12H,9-11H2,1-4H3,(H,17,19). The number of benzene rings is 1. The van der Waals surface area contributed by atoms with E-state index in [9.17, 15) is 13.2 Å². The highest BCUT2D eigenvalue weighted by Gasteiger charge is 2.36. The molecule has 0 bridgehead atoms. The molecule has 0 heterocycles. The molecule has 1 aliphatic rings. The summed E-state index contributed by atoms with van der Waals surface area (Å²) in [7, 11) is -3.36. The molecule has 0 radical (unpaired) electrons. The van der Waals surface area contributed by atoms with Crippen molar-refractivity contribution < 1.29 is 13.2 Å². The van der Waals surface area contributed by atoms with Gasteiger partial charge in [-0.15, -0.1) is 0 Å². The Balaban J connectivity index is 2.13. The number of nitrogens with one attached hydrogen (secondary N) is 1. The minimum Gasteiger partial charge on any atom is -0.325 e. The van der Waals surface area contributed by atoms with Gasteiger partial charge in [-0.25, -0.2) is 8.42 Å². The monoisotopic (exact) mass is 324 g/mol. The molecule has 1 saturated carbocycles. The molecule has 0 saturated heterocycles. The van der Waals surface area contributed by atoms with E-state index in [4.69, 9.17) is 0 Å². The number of sulfonamides is 1. The van der Waals surface area contributed by atoms with Gasteiger partial charge in [0, 0.05) is 11.7 Å². The molecule has 0 aliphatic heterocycles. The van der Waals surface area contributed by atoms with Gasteiger partial charge in [0.05, 0.1) is 12.8 Å². The molecule has 1 N–H and O–H groups in total. The number of anilines is 1. The van der Waals surface area contributed by atoms with E-state index in [0.29, 0.717) is 0 Å². The zero-order valence-electron chi connectivity index (χ0n) is 13.6. The average molecular weight is 324 g/mol. The summed E-state index contributed by atoms with van der Waals surface area (Å²) in [5, 5.41) is 2.86. The third kappa shape index (κ3) is 4.30. The summed E-state index contributed by atoms with van der Waals surface area (Å²) >= 11 is 0. The first-order chi connectivity index (χ1) is 10.1. The molecule has 22 heavy (non-hydrogen) atoms. The molecule has 1 fully saturated rings. The third-order valence-corrected chi connectivity index (χ3v) is 4.97. The summed E-state index contributed by atoms with van der Waals surface area (Å²) in [6.45, 7) is 6.10. The van der Waals surface area contributed by atoms with Gasteiger partial charge < -0.3 is 5.32 Å². The highest BCUT2D eigenvalue weighted by Crippen LogP contribution is 2.30. The van der Waals surface area contributed by atoms with Crippen molar-refractivity contribution >= 4 is 21.6 Å². The Bertz CT molecular complexity index is 658. The van der Waals surface area contributed by atoms with E-state index < -0.39 is 10.0 Å². The van der Waals surface area contributed by atoms with Crippen molar-refractivity contribution in [3.8, 4) is 0 Å².